The van der Waals surface area contributed by atoms with E-state index in [4.69, 9.17) is 0 Å². The van der Waals surface area contributed by atoms with Crippen LogP contribution in [0.5, 0.6) is 0 Å². The lowest BCUT2D eigenvalue weighted by Crippen LogP contribution is -2.13. The van der Waals surface area contributed by atoms with Crippen LogP contribution in [0.15, 0.2) is 42.9 Å². The first-order chi connectivity index (χ1) is 9.65. The fourth-order valence-electron chi connectivity index (χ4n) is 1.58. The van der Waals surface area contributed by atoms with Crippen molar-refractivity contribution in [1.29, 1.82) is 0 Å². The second kappa shape index (κ2) is 6.65. The van der Waals surface area contributed by atoms with Crippen molar-refractivity contribution in [2.75, 3.05) is 17.2 Å². The number of nitrogens with one attached hydrogen (secondary N) is 2. The van der Waals surface area contributed by atoms with E-state index in [1.165, 1.54) is 6.20 Å². The third kappa shape index (κ3) is 4.05. The van der Waals surface area contributed by atoms with Gasteiger partial charge in [-0.25, -0.2) is 4.98 Å². The summed E-state index contributed by atoms with van der Waals surface area (Å²) in [5.74, 6) is 0.877. The van der Waals surface area contributed by atoms with Crippen molar-refractivity contribution < 1.29 is 4.79 Å². The monoisotopic (exact) mass is 270 g/mol. The minimum Gasteiger partial charge on any atom is -0.384 e. The molecule has 0 bridgehead atoms. The minimum absolute atomic E-state index is 0.214. The standard InChI is InChI=1S/C15H18N4O/c1-11(2)8-17-13-5-6-14(18-10-13)19-15(20)12-4-3-7-16-9-12/h3-7,9-11,17H,8H2,1-2H3,(H,18,19,20). The van der Waals surface area contributed by atoms with Crippen LogP contribution in [0.25, 0.3) is 0 Å². The molecule has 0 saturated heterocycles. The minimum atomic E-state index is -0.214. The van der Waals surface area contributed by atoms with Crippen LogP contribution >= 0.6 is 0 Å². The van der Waals surface area contributed by atoms with Crippen molar-refractivity contribution in [2.24, 2.45) is 5.92 Å². The van der Waals surface area contributed by atoms with Gasteiger partial charge in [0.25, 0.3) is 5.91 Å². The second-order valence-corrected chi connectivity index (χ2v) is 4.90. The molecule has 0 aliphatic carbocycles. The van der Waals surface area contributed by atoms with E-state index >= 15 is 0 Å². The van der Waals surface area contributed by atoms with Crippen molar-refractivity contribution in [3.05, 3.63) is 48.4 Å². The summed E-state index contributed by atoms with van der Waals surface area (Å²) in [4.78, 5) is 20.0. The molecule has 2 aromatic rings. The highest BCUT2D eigenvalue weighted by Crippen LogP contribution is 2.11. The highest BCUT2D eigenvalue weighted by Gasteiger charge is 2.06. The number of carbonyl (C=O) groups excluding carboxylic acids is 1. The molecule has 2 heterocycles. The summed E-state index contributed by atoms with van der Waals surface area (Å²) in [6.45, 7) is 5.18. The Morgan fingerprint density at radius 2 is 2.10 bits per heavy atom. The van der Waals surface area contributed by atoms with Crippen molar-refractivity contribution in [2.45, 2.75) is 13.8 Å². The summed E-state index contributed by atoms with van der Waals surface area (Å²) in [6.07, 6.45) is 4.86. The molecule has 0 spiro atoms. The molecule has 2 aromatic heterocycles. The first-order valence-corrected chi connectivity index (χ1v) is 6.56. The van der Waals surface area contributed by atoms with Crippen molar-refractivity contribution in [3.8, 4) is 0 Å². The SMILES string of the molecule is CC(C)CNc1ccc(NC(=O)c2cccnc2)nc1. The van der Waals surface area contributed by atoms with E-state index in [9.17, 15) is 4.79 Å². The van der Waals surface area contributed by atoms with E-state index in [1.54, 1.807) is 30.6 Å². The maximum atomic E-state index is 11.9. The predicted molar refractivity (Wildman–Crippen MR) is 79.8 cm³/mol. The quantitative estimate of drug-likeness (QED) is 0.876. The number of hydrogen-bond acceptors (Lipinski definition) is 4. The summed E-state index contributed by atoms with van der Waals surface area (Å²) >= 11 is 0. The van der Waals surface area contributed by atoms with Gasteiger partial charge in [0.2, 0.25) is 0 Å². The molecule has 0 radical (unpaired) electrons. The number of nitrogens with zero attached hydrogens (tertiary/aromatic N) is 2. The smallest absolute Gasteiger partial charge is 0.258 e. The van der Waals surface area contributed by atoms with Crippen LogP contribution in [0.2, 0.25) is 0 Å². The lowest BCUT2D eigenvalue weighted by atomic mass is 10.2. The van der Waals surface area contributed by atoms with Gasteiger partial charge in [-0.3, -0.25) is 9.78 Å². The Balaban J connectivity index is 1.95. The van der Waals surface area contributed by atoms with Crippen molar-refractivity contribution in [1.82, 2.24) is 9.97 Å². The first-order valence-electron chi connectivity index (χ1n) is 6.56. The van der Waals surface area contributed by atoms with Gasteiger partial charge in [-0.05, 0) is 30.2 Å². The fraction of sp³-hybridized carbons (Fsp3) is 0.267. The molecule has 0 unspecified atom stereocenters. The Kier molecular flexibility index (Phi) is 4.65. The van der Waals surface area contributed by atoms with Crippen LogP contribution in [0.1, 0.15) is 24.2 Å². The number of hydrogen-bond donors (Lipinski definition) is 2. The number of pyridine rings is 2. The van der Waals surface area contributed by atoms with Gasteiger partial charge in [-0.2, -0.15) is 0 Å². The molecule has 0 aliphatic rings. The zero-order valence-corrected chi connectivity index (χ0v) is 11.6. The Labute approximate surface area is 118 Å². The van der Waals surface area contributed by atoms with E-state index in [1.807, 2.05) is 6.07 Å². The van der Waals surface area contributed by atoms with Gasteiger partial charge in [0.1, 0.15) is 5.82 Å². The van der Waals surface area contributed by atoms with Crippen molar-refractivity contribution in [3.63, 3.8) is 0 Å². The lowest BCUT2D eigenvalue weighted by Gasteiger charge is -2.09. The summed E-state index contributed by atoms with van der Waals surface area (Å²) in [5.41, 5.74) is 1.45. The van der Waals surface area contributed by atoms with Crippen LogP contribution in [0, 0.1) is 5.92 Å². The van der Waals surface area contributed by atoms with E-state index in [-0.39, 0.29) is 5.91 Å². The topological polar surface area (TPSA) is 66.9 Å². The Morgan fingerprint density at radius 3 is 2.70 bits per heavy atom. The number of aromatic nitrogens is 2. The van der Waals surface area contributed by atoms with Gasteiger partial charge in [0, 0.05) is 18.9 Å². The maximum absolute atomic E-state index is 11.9. The van der Waals surface area contributed by atoms with E-state index in [0.717, 1.165) is 12.2 Å². The Hall–Kier alpha value is -2.43. The molecule has 2 rings (SSSR count). The van der Waals surface area contributed by atoms with Crippen LogP contribution in [-0.4, -0.2) is 22.4 Å². The van der Waals surface area contributed by atoms with Crippen molar-refractivity contribution >= 4 is 17.4 Å². The number of amides is 1. The van der Waals surface area contributed by atoms with Gasteiger partial charge >= 0.3 is 0 Å². The van der Waals surface area contributed by atoms with E-state index in [0.29, 0.717) is 17.3 Å². The average molecular weight is 270 g/mol. The maximum Gasteiger partial charge on any atom is 0.258 e. The lowest BCUT2D eigenvalue weighted by molar-refractivity contribution is 0.102. The van der Waals surface area contributed by atoms with Gasteiger partial charge in [0.05, 0.1) is 17.4 Å². The third-order valence-corrected chi connectivity index (χ3v) is 2.64. The Bertz CT molecular complexity index is 552. The molecule has 0 atom stereocenters. The molecule has 0 saturated carbocycles. The highest BCUT2D eigenvalue weighted by molar-refractivity contribution is 6.03. The molecule has 0 aromatic carbocycles. The van der Waals surface area contributed by atoms with Gasteiger partial charge < -0.3 is 10.6 Å². The molecule has 1 amide bonds. The van der Waals surface area contributed by atoms with Crippen LogP contribution in [0.4, 0.5) is 11.5 Å². The summed E-state index contributed by atoms with van der Waals surface area (Å²) < 4.78 is 0. The number of rotatable bonds is 5. The third-order valence-electron chi connectivity index (χ3n) is 2.64. The van der Waals surface area contributed by atoms with Crippen LogP contribution in [0.3, 0.4) is 0 Å². The molecule has 2 N–H and O–H groups in total. The first kappa shape index (κ1) is 14.0. The van der Waals surface area contributed by atoms with Crippen LogP contribution in [-0.2, 0) is 0 Å². The summed E-state index contributed by atoms with van der Waals surface area (Å²) in [5, 5.41) is 6.00. The molecular weight excluding hydrogens is 252 g/mol. The molecule has 0 fully saturated rings. The Morgan fingerprint density at radius 1 is 1.25 bits per heavy atom. The van der Waals surface area contributed by atoms with Gasteiger partial charge in [-0.1, -0.05) is 13.8 Å². The zero-order chi connectivity index (χ0) is 14.4. The fourth-order valence-corrected chi connectivity index (χ4v) is 1.58. The van der Waals surface area contributed by atoms with E-state index in [2.05, 4.69) is 34.4 Å². The molecule has 20 heavy (non-hydrogen) atoms. The number of anilines is 2. The molecule has 0 aliphatic heterocycles. The summed E-state index contributed by atoms with van der Waals surface area (Å²) in [6, 6.07) is 7.10. The molecular formula is C15H18N4O. The molecule has 5 nitrogen and oxygen atoms in total. The summed E-state index contributed by atoms with van der Waals surface area (Å²) in [7, 11) is 0. The second-order valence-electron chi connectivity index (χ2n) is 4.90. The van der Waals surface area contributed by atoms with Gasteiger partial charge in [0.15, 0.2) is 0 Å². The van der Waals surface area contributed by atoms with E-state index < -0.39 is 0 Å². The molecule has 5 heteroatoms. The van der Waals surface area contributed by atoms with Gasteiger partial charge in [-0.15, -0.1) is 0 Å². The number of carbonyl (C=O) groups is 1. The zero-order valence-electron chi connectivity index (χ0n) is 11.6. The average Bonchev–Trinajstić information content (AvgIpc) is 2.47. The highest BCUT2D eigenvalue weighted by atomic mass is 16.1. The molecule has 104 valence electrons. The predicted octanol–water partition coefficient (Wildman–Crippen LogP) is 2.80. The normalized spacial score (nSPS) is 10.3. The largest absolute Gasteiger partial charge is 0.384 e. The van der Waals surface area contributed by atoms with Crippen LogP contribution < -0.4 is 10.6 Å².